The highest BCUT2D eigenvalue weighted by Gasteiger charge is 2.63. The van der Waals surface area contributed by atoms with Crippen molar-refractivity contribution in [3.63, 3.8) is 0 Å². The van der Waals surface area contributed by atoms with Crippen LogP contribution in [0.1, 0.15) is 44.8 Å². The molecule has 1 spiro atoms. The van der Waals surface area contributed by atoms with E-state index in [0.717, 1.165) is 24.0 Å². The van der Waals surface area contributed by atoms with Crippen LogP contribution in [0, 0.1) is 25.7 Å². The number of aromatic nitrogens is 2. The minimum Gasteiger partial charge on any atom is -0.369 e. The van der Waals surface area contributed by atoms with E-state index in [9.17, 15) is 9.59 Å². The number of likely N-dealkylation sites (tertiary alicyclic amines) is 1. The zero-order valence-electron chi connectivity index (χ0n) is 16.6. The van der Waals surface area contributed by atoms with Crippen LogP contribution in [0.2, 0.25) is 0 Å². The third-order valence-electron chi connectivity index (χ3n) is 7.00. The molecule has 2 aromatic rings. The number of carbonyl (C=O) groups is 2. The van der Waals surface area contributed by atoms with Gasteiger partial charge in [-0.15, -0.1) is 0 Å². The number of carbonyl (C=O) groups excluding carboxylic acids is 2. The number of hydrogen-bond acceptors (Lipinski definition) is 6. The van der Waals surface area contributed by atoms with Crippen molar-refractivity contribution in [2.75, 3.05) is 19.6 Å². The summed E-state index contributed by atoms with van der Waals surface area (Å²) >= 11 is 0. The maximum Gasteiger partial charge on any atom is 0.277 e. The molecule has 4 atom stereocenters. The van der Waals surface area contributed by atoms with Gasteiger partial charge in [0.05, 0.1) is 18.2 Å². The third-order valence-corrected chi connectivity index (χ3v) is 7.00. The predicted molar refractivity (Wildman–Crippen MR) is 102 cm³/mol. The summed E-state index contributed by atoms with van der Waals surface area (Å²) in [5, 5.41) is 10.3. The van der Waals surface area contributed by atoms with Crippen molar-refractivity contribution in [1.82, 2.24) is 20.5 Å². The Labute approximate surface area is 168 Å². The lowest BCUT2D eigenvalue weighted by Gasteiger charge is -2.29. The maximum absolute atomic E-state index is 12.8. The third kappa shape index (κ3) is 2.85. The van der Waals surface area contributed by atoms with Crippen LogP contribution in [-0.2, 0) is 4.74 Å². The van der Waals surface area contributed by atoms with Gasteiger partial charge >= 0.3 is 0 Å². The number of amides is 2. The zero-order valence-corrected chi connectivity index (χ0v) is 16.6. The normalized spacial score (nSPS) is 29.9. The first kappa shape index (κ1) is 18.3. The van der Waals surface area contributed by atoms with Crippen LogP contribution in [0.5, 0.6) is 0 Å². The van der Waals surface area contributed by atoms with Gasteiger partial charge in [-0.25, -0.2) is 4.63 Å². The molecular weight excluding hydrogens is 372 g/mol. The van der Waals surface area contributed by atoms with Crippen molar-refractivity contribution in [3.8, 4) is 0 Å². The van der Waals surface area contributed by atoms with E-state index in [-0.39, 0.29) is 41.0 Å². The topological polar surface area (TPSA) is 97.6 Å². The number of aryl methyl sites for hydroxylation is 1. The van der Waals surface area contributed by atoms with E-state index in [1.54, 1.807) is 4.90 Å². The lowest BCUT2D eigenvalue weighted by molar-refractivity contribution is 0.00306. The molecule has 3 fully saturated rings. The highest BCUT2D eigenvalue weighted by atomic mass is 16.6. The molecule has 3 aliphatic rings. The molecule has 3 saturated heterocycles. The van der Waals surface area contributed by atoms with E-state index in [1.807, 2.05) is 32.0 Å². The summed E-state index contributed by atoms with van der Waals surface area (Å²) in [4.78, 5) is 27.2. The number of benzene rings is 1. The molecule has 5 rings (SSSR count). The first-order valence-corrected chi connectivity index (χ1v) is 10.1. The first-order valence-electron chi connectivity index (χ1n) is 10.1. The fourth-order valence-electron chi connectivity index (χ4n) is 5.34. The van der Waals surface area contributed by atoms with Crippen molar-refractivity contribution in [2.45, 2.75) is 38.4 Å². The quantitative estimate of drug-likeness (QED) is 0.845. The van der Waals surface area contributed by atoms with E-state index in [4.69, 9.17) is 4.74 Å². The van der Waals surface area contributed by atoms with Gasteiger partial charge in [-0.2, -0.15) is 0 Å². The van der Waals surface area contributed by atoms with Crippen LogP contribution in [0.15, 0.2) is 29.0 Å². The van der Waals surface area contributed by atoms with Gasteiger partial charge in [-0.05, 0) is 49.0 Å². The van der Waals surface area contributed by atoms with Crippen molar-refractivity contribution in [2.24, 2.45) is 11.8 Å². The lowest BCUT2D eigenvalue weighted by Crippen LogP contribution is -2.42. The molecule has 0 radical (unpaired) electrons. The molecule has 2 amide bonds. The van der Waals surface area contributed by atoms with E-state index >= 15 is 0 Å². The molecule has 1 aromatic heterocycles. The SMILES string of the molecule is Cc1cccc(C(=O)NC[C@H]2[C@H]3CN(C(=O)c4cnon4)C[C@]34CC[C@H]2O4)c1C. The summed E-state index contributed by atoms with van der Waals surface area (Å²) in [6, 6.07) is 5.78. The van der Waals surface area contributed by atoms with Crippen LogP contribution >= 0.6 is 0 Å². The van der Waals surface area contributed by atoms with Gasteiger partial charge in [-0.3, -0.25) is 9.59 Å². The minimum atomic E-state index is -0.299. The van der Waals surface area contributed by atoms with Gasteiger partial charge in [0.15, 0.2) is 5.69 Å². The maximum atomic E-state index is 12.8. The van der Waals surface area contributed by atoms with Gasteiger partial charge in [0.2, 0.25) is 0 Å². The Morgan fingerprint density at radius 3 is 3.00 bits per heavy atom. The average Bonchev–Trinajstić information content (AvgIpc) is 3.48. The Balaban J connectivity index is 1.29. The lowest BCUT2D eigenvalue weighted by atomic mass is 9.73. The Bertz CT molecular complexity index is 960. The highest BCUT2D eigenvalue weighted by molar-refractivity contribution is 5.96. The van der Waals surface area contributed by atoms with E-state index in [1.165, 1.54) is 6.20 Å². The Morgan fingerprint density at radius 2 is 2.21 bits per heavy atom. The summed E-state index contributed by atoms with van der Waals surface area (Å²) < 4.78 is 10.9. The molecule has 3 aliphatic heterocycles. The fraction of sp³-hybridized carbons (Fsp3) is 0.524. The van der Waals surface area contributed by atoms with Crippen LogP contribution in [0.3, 0.4) is 0 Å². The molecule has 4 heterocycles. The zero-order chi connectivity index (χ0) is 20.2. The second-order valence-corrected chi connectivity index (χ2v) is 8.47. The average molecular weight is 396 g/mol. The Morgan fingerprint density at radius 1 is 1.34 bits per heavy atom. The largest absolute Gasteiger partial charge is 0.369 e. The molecule has 2 bridgehead atoms. The summed E-state index contributed by atoms with van der Waals surface area (Å²) in [6.07, 6.45) is 3.40. The number of rotatable bonds is 4. The van der Waals surface area contributed by atoms with E-state index in [0.29, 0.717) is 25.2 Å². The molecule has 8 heteroatoms. The molecule has 1 aromatic carbocycles. The molecule has 152 valence electrons. The molecule has 8 nitrogen and oxygen atoms in total. The summed E-state index contributed by atoms with van der Waals surface area (Å²) in [6.45, 7) is 5.69. The van der Waals surface area contributed by atoms with Crippen molar-refractivity contribution in [3.05, 3.63) is 46.8 Å². The van der Waals surface area contributed by atoms with Crippen LogP contribution in [0.4, 0.5) is 0 Å². The van der Waals surface area contributed by atoms with Crippen LogP contribution < -0.4 is 5.32 Å². The monoisotopic (exact) mass is 396 g/mol. The van der Waals surface area contributed by atoms with E-state index in [2.05, 4.69) is 20.3 Å². The van der Waals surface area contributed by atoms with Crippen molar-refractivity contribution < 1.29 is 19.0 Å². The van der Waals surface area contributed by atoms with Crippen LogP contribution in [0.25, 0.3) is 0 Å². The molecule has 0 saturated carbocycles. The first-order chi connectivity index (χ1) is 14.0. The van der Waals surface area contributed by atoms with E-state index < -0.39 is 0 Å². The minimum absolute atomic E-state index is 0.0531. The number of fused-ring (bicyclic) bond motifs is 1. The number of nitrogens with zero attached hydrogens (tertiary/aromatic N) is 3. The summed E-state index contributed by atoms with van der Waals surface area (Å²) in [5.41, 5.74) is 2.74. The smallest absolute Gasteiger partial charge is 0.277 e. The van der Waals surface area contributed by atoms with Gasteiger partial charge in [0.25, 0.3) is 11.8 Å². The van der Waals surface area contributed by atoms with Gasteiger partial charge < -0.3 is 15.0 Å². The fourth-order valence-corrected chi connectivity index (χ4v) is 5.34. The summed E-state index contributed by atoms with van der Waals surface area (Å²) in [5.74, 6) is 0.179. The van der Waals surface area contributed by atoms with Gasteiger partial charge in [-0.1, -0.05) is 17.3 Å². The number of ether oxygens (including phenoxy) is 1. The van der Waals surface area contributed by atoms with Gasteiger partial charge in [0, 0.05) is 30.5 Å². The van der Waals surface area contributed by atoms with Gasteiger partial charge in [0.1, 0.15) is 6.20 Å². The highest BCUT2D eigenvalue weighted by Crippen LogP contribution is 2.54. The second kappa shape index (κ2) is 6.66. The van der Waals surface area contributed by atoms with Crippen molar-refractivity contribution in [1.29, 1.82) is 0 Å². The number of nitrogens with one attached hydrogen (secondary N) is 1. The standard InChI is InChI=1S/C21H24N4O4/c1-12-4-3-5-14(13(12)2)19(26)22-8-15-16-10-25(20(27)17-9-23-29-24-17)11-21(16)7-6-18(15)28-21/h3-5,9,15-16,18H,6-8,10-11H2,1-2H3,(H,22,26)/t15-,16+,18+,21+/m0/s1. The molecular formula is C21H24N4O4. The molecule has 29 heavy (non-hydrogen) atoms. The predicted octanol–water partition coefficient (Wildman–Crippen LogP) is 1.74. The molecule has 1 N–H and O–H groups in total. The molecule has 0 aliphatic carbocycles. The Hall–Kier alpha value is -2.74. The Kier molecular flexibility index (Phi) is 4.20. The number of hydrogen-bond donors (Lipinski definition) is 1. The summed E-state index contributed by atoms with van der Waals surface area (Å²) in [7, 11) is 0. The second-order valence-electron chi connectivity index (χ2n) is 8.47. The van der Waals surface area contributed by atoms with Crippen LogP contribution in [-0.4, -0.2) is 58.4 Å². The molecule has 0 unspecified atom stereocenters. The van der Waals surface area contributed by atoms with Crippen molar-refractivity contribution >= 4 is 11.8 Å².